The maximum atomic E-state index is 11.5. The predicted octanol–water partition coefficient (Wildman–Crippen LogP) is 1.39. The topological polar surface area (TPSA) is 76.7 Å². The van der Waals surface area contributed by atoms with Gasteiger partial charge >= 0.3 is 12.0 Å². The van der Waals surface area contributed by atoms with E-state index in [2.05, 4.69) is 10.6 Å². The number of amides is 2. The van der Waals surface area contributed by atoms with Crippen molar-refractivity contribution in [2.24, 2.45) is 0 Å². The third-order valence-electron chi connectivity index (χ3n) is 2.20. The van der Waals surface area contributed by atoms with E-state index in [1.54, 1.807) is 12.1 Å². The number of methoxy groups -OCH3 is 1. The number of hydrogen-bond acceptors (Lipinski definition) is 4. The number of benzene rings is 1. The van der Waals surface area contributed by atoms with E-state index in [4.69, 9.17) is 9.47 Å². The van der Waals surface area contributed by atoms with E-state index in [1.807, 2.05) is 18.2 Å². The average Bonchev–Trinajstić information content (AvgIpc) is 2.40. The third kappa shape index (κ3) is 7.05. The lowest BCUT2D eigenvalue weighted by atomic mass is 10.3. The van der Waals surface area contributed by atoms with Crippen molar-refractivity contribution in [1.82, 2.24) is 5.32 Å². The van der Waals surface area contributed by atoms with Crippen molar-refractivity contribution in [3.63, 3.8) is 0 Å². The Kier molecular flexibility index (Phi) is 7.04. The average molecular weight is 266 g/mol. The van der Waals surface area contributed by atoms with Gasteiger partial charge in [0.15, 0.2) is 0 Å². The first-order valence-electron chi connectivity index (χ1n) is 5.97. The van der Waals surface area contributed by atoms with Crippen LogP contribution in [0.5, 0.6) is 0 Å². The van der Waals surface area contributed by atoms with Gasteiger partial charge in [-0.1, -0.05) is 18.2 Å². The standard InChI is InChI=1S/C13H18N2O4/c1-18-9-10-19-12(16)7-8-14-13(17)15-11-5-3-2-4-6-11/h2-6H,7-10H2,1H3,(H2,14,15,17). The highest BCUT2D eigenvalue weighted by molar-refractivity contribution is 5.89. The second-order valence-corrected chi connectivity index (χ2v) is 3.71. The van der Waals surface area contributed by atoms with Gasteiger partial charge in [-0.25, -0.2) is 4.79 Å². The fourth-order valence-electron chi connectivity index (χ4n) is 1.29. The zero-order valence-electron chi connectivity index (χ0n) is 10.8. The van der Waals surface area contributed by atoms with Crippen LogP contribution in [0.15, 0.2) is 30.3 Å². The lowest BCUT2D eigenvalue weighted by molar-refractivity contribution is -0.144. The predicted molar refractivity (Wildman–Crippen MR) is 70.9 cm³/mol. The van der Waals surface area contributed by atoms with Gasteiger partial charge in [0, 0.05) is 19.3 Å². The van der Waals surface area contributed by atoms with Gasteiger partial charge in [0.05, 0.1) is 13.0 Å². The normalized spacial score (nSPS) is 9.74. The number of urea groups is 1. The molecule has 0 unspecified atom stereocenters. The molecule has 104 valence electrons. The van der Waals surface area contributed by atoms with Gasteiger partial charge in [0.1, 0.15) is 6.61 Å². The Hall–Kier alpha value is -2.08. The van der Waals surface area contributed by atoms with Crippen LogP contribution in [0.1, 0.15) is 6.42 Å². The van der Waals surface area contributed by atoms with Crippen LogP contribution in [0.3, 0.4) is 0 Å². The van der Waals surface area contributed by atoms with Gasteiger partial charge in [-0.05, 0) is 12.1 Å². The number of carbonyl (C=O) groups is 2. The number of carbonyl (C=O) groups excluding carboxylic acids is 2. The van der Waals surface area contributed by atoms with Gasteiger partial charge < -0.3 is 20.1 Å². The lowest BCUT2D eigenvalue weighted by Gasteiger charge is -2.07. The molecule has 0 heterocycles. The molecular weight excluding hydrogens is 248 g/mol. The summed E-state index contributed by atoms with van der Waals surface area (Å²) >= 11 is 0. The molecule has 1 aromatic rings. The first kappa shape index (κ1) is 15.0. The second-order valence-electron chi connectivity index (χ2n) is 3.71. The van der Waals surface area contributed by atoms with Gasteiger partial charge in [-0.3, -0.25) is 4.79 Å². The Bertz CT molecular complexity index is 395. The van der Waals surface area contributed by atoms with Crippen LogP contribution in [0, 0.1) is 0 Å². The van der Waals surface area contributed by atoms with Crippen molar-refractivity contribution in [3.05, 3.63) is 30.3 Å². The Balaban J connectivity index is 2.12. The molecular formula is C13H18N2O4. The number of ether oxygens (including phenoxy) is 2. The van der Waals surface area contributed by atoms with Crippen molar-refractivity contribution in [2.45, 2.75) is 6.42 Å². The molecule has 19 heavy (non-hydrogen) atoms. The minimum absolute atomic E-state index is 0.131. The highest BCUT2D eigenvalue weighted by Crippen LogP contribution is 2.03. The van der Waals surface area contributed by atoms with Crippen molar-refractivity contribution in [3.8, 4) is 0 Å². The summed E-state index contributed by atoms with van der Waals surface area (Å²) in [5, 5.41) is 5.22. The molecule has 0 fully saturated rings. The highest BCUT2D eigenvalue weighted by Gasteiger charge is 2.04. The van der Waals surface area contributed by atoms with Crippen molar-refractivity contribution in [1.29, 1.82) is 0 Å². The Labute approximate surface area is 112 Å². The zero-order valence-corrected chi connectivity index (χ0v) is 10.8. The summed E-state index contributed by atoms with van der Waals surface area (Å²) in [6.07, 6.45) is 0.131. The number of hydrogen-bond donors (Lipinski definition) is 2. The summed E-state index contributed by atoms with van der Waals surface area (Å²) in [4.78, 5) is 22.7. The maximum absolute atomic E-state index is 11.5. The van der Waals surface area contributed by atoms with E-state index < -0.39 is 0 Å². The van der Waals surface area contributed by atoms with E-state index >= 15 is 0 Å². The Morgan fingerprint density at radius 3 is 2.58 bits per heavy atom. The third-order valence-corrected chi connectivity index (χ3v) is 2.20. The molecule has 0 aliphatic carbocycles. The second kappa shape index (κ2) is 8.93. The van der Waals surface area contributed by atoms with Crippen LogP contribution in [0.25, 0.3) is 0 Å². The Morgan fingerprint density at radius 2 is 1.89 bits per heavy atom. The minimum atomic E-state index is -0.364. The van der Waals surface area contributed by atoms with Crippen molar-refractivity contribution < 1.29 is 19.1 Å². The number of esters is 1. The fraction of sp³-hybridized carbons (Fsp3) is 0.385. The van der Waals surface area contributed by atoms with Crippen LogP contribution in [0.2, 0.25) is 0 Å². The van der Waals surface area contributed by atoms with E-state index in [0.717, 1.165) is 0 Å². The minimum Gasteiger partial charge on any atom is -0.463 e. The molecule has 1 aromatic carbocycles. The molecule has 0 aliphatic heterocycles. The van der Waals surface area contributed by atoms with Gasteiger partial charge in [0.2, 0.25) is 0 Å². The van der Waals surface area contributed by atoms with Crippen LogP contribution in [-0.4, -0.2) is 38.9 Å². The monoisotopic (exact) mass is 266 g/mol. The van der Waals surface area contributed by atoms with Gasteiger partial charge in [0.25, 0.3) is 0 Å². The highest BCUT2D eigenvalue weighted by atomic mass is 16.6. The first-order valence-corrected chi connectivity index (χ1v) is 5.97. The molecule has 2 amide bonds. The maximum Gasteiger partial charge on any atom is 0.319 e. The summed E-state index contributed by atoms with van der Waals surface area (Å²) in [6, 6.07) is 8.71. The van der Waals surface area contributed by atoms with Crippen molar-refractivity contribution >= 4 is 17.7 Å². The molecule has 0 atom stereocenters. The van der Waals surface area contributed by atoms with E-state index in [-0.39, 0.29) is 31.6 Å². The molecule has 0 bridgehead atoms. The van der Waals surface area contributed by atoms with E-state index in [0.29, 0.717) is 12.3 Å². The molecule has 0 aliphatic rings. The summed E-state index contributed by atoms with van der Waals surface area (Å²) in [7, 11) is 1.53. The zero-order chi connectivity index (χ0) is 13.9. The van der Waals surface area contributed by atoms with Crippen LogP contribution in [0.4, 0.5) is 10.5 Å². The number of rotatable bonds is 7. The molecule has 0 aromatic heterocycles. The van der Waals surface area contributed by atoms with Crippen LogP contribution < -0.4 is 10.6 Å². The molecule has 6 heteroatoms. The number of para-hydroxylation sites is 1. The summed E-state index contributed by atoms with van der Waals surface area (Å²) in [6.45, 7) is 0.823. The molecule has 6 nitrogen and oxygen atoms in total. The summed E-state index contributed by atoms with van der Waals surface area (Å²) < 4.78 is 9.59. The quantitative estimate of drug-likeness (QED) is 0.577. The van der Waals surface area contributed by atoms with E-state index in [9.17, 15) is 9.59 Å². The van der Waals surface area contributed by atoms with Crippen LogP contribution in [-0.2, 0) is 14.3 Å². The molecule has 1 rings (SSSR count). The van der Waals surface area contributed by atoms with Crippen LogP contribution >= 0.6 is 0 Å². The molecule has 0 saturated carbocycles. The SMILES string of the molecule is COCCOC(=O)CCNC(=O)Nc1ccccc1. The summed E-state index contributed by atoms with van der Waals surface area (Å²) in [5.74, 6) is -0.364. The summed E-state index contributed by atoms with van der Waals surface area (Å²) in [5.41, 5.74) is 0.697. The number of nitrogens with one attached hydrogen (secondary N) is 2. The van der Waals surface area contributed by atoms with Crippen molar-refractivity contribution in [2.75, 3.05) is 32.2 Å². The van der Waals surface area contributed by atoms with Gasteiger partial charge in [-0.2, -0.15) is 0 Å². The molecule has 0 spiro atoms. The first-order chi connectivity index (χ1) is 9.22. The molecule has 0 radical (unpaired) electrons. The smallest absolute Gasteiger partial charge is 0.319 e. The fourth-order valence-corrected chi connectivity index (χ4v) is 1.29. The molecule has 0 saturated heterocycles. The number of anilines is 1. The lowest BCUT2D eigenvalue weighted by Crippen LogP contribution is -2.31. The van der Waals surface area contributed by atoms with Gasteiger partial charge in [-0.15, -0.1) is 0 Å². The molecule has 2 N–H and O–H groups in total. The van der Waals surface area contributed by atoms with E-state index in [1.165, 1.54) is 7.11 Å². The Morgan fingerprint density at radius 1 is 1.16 bits per heavy atom. The largest absolute Gasteiger partial charge is 0.463 e.